The molecule has 1 aromatic heterocycles. The van der Waals surface area contributed by atoms with Crippen LogP contribution in [0.15, 0.2) is 59.0 Å². The summed E-state index contributed by atoms with van der Waals surface area (Å²) < 4.78 is 48.3. The second-order valence-electron chi connectivity index (χ2n) is 6.20. The van der Waals surface area contributed by atoms with E-state index in [-0.39, 0.29) is 17.3 Å². The van der Waals surface area contributed by atoms with Crippen molar-refractivity contribution in [3.8, 4) is 11.5 Å². The van der Waals surface area contributed by atoms with E-state index in [1.54, 1.807) is 12.1 Å². The van der Waals surface area contributed by atoms with Crippen molar-refractivity contribution in [3.05, 3.63) is 71.6 Å². The minimum Gasteiger partial charge on any atom is -0.451 e. The summed E-state index contributed by atoms with van der Waals surface area (Å²) >= 11 is 0. The maximum atomic E-state index is 12.6. The minimum atomic E-state index is -4.50. The van der Waals surface area contributed by atoms with E-state index in [9.17, 15) is 22.8 Å². The molecule has 3 rings (SSSR count). The van der Waals surface area contributed by atoms with Gasteiger partial charge < -0.3 is 14.5 Å². The molecule has 3 aromatic rings. The summed E-state index contributed by atoms with van der Waals surface area (Å²) in [4.78, 5) is 23.9. The monoisotopic (exact) mass is 419 g/mol. The molecule has 1 N–H and O–H groups in total. The molecule has 0 spiro atoms. The number of benzene rings is 2. The number of esters is 1. The van der Waals surface area contributed by atoms with Crippen molar-refractivity contribution in [2.24, 2.45) is 0 Å². The van der Waals surface area contributed by atoms with Gasteiger partial charge in [0.15, 0.2) is 6.10 Å². The van der Waals surface area contributed by atoms with Crippen LogP contribution in [-0.2, 0) is 15.7 Å². The number of carbonyl (C=O) groups is 2. The molecule has 1 atom stereocenters. The Hall–Kier alpha value is -3.69. The van der Waals surface area contributed by atoms with Crippen LogP contribution in [0.25, 0.3) is 11.5 Å². The van der Waals surface area contributed by atoms with E-state index in [0.29, 0.717) is 5.56 Å². The zero-order valence-electron chi connectivity index (χ0n) is 15.6. The van der Waals surface area contributed by atoms with E-state index < -0.39 is 36.3 Å². The average molecular weight is 419 g/mol. The molecule has 1 unspecified atom stereocenters. The molecule has 10 heteroatoms. The highest BCUT2D eigenvalue weighted by molar-refractivity contribution is 5.95. The topological polar surface area (TPSA) is 94.3 Å². The molecule has 156 valence electrons. The molecule has 0 radical (unpaired) electrons. The number of aromatic nitrogens is 2. The van der Waals surface area contributed by atoms with Gasteiger partial charge >= 0.3 is 12.1 Å². The molecule has 0 fully saturated rings. The first-order valence-corrected chi connectivity index (χ1v) is 8.78. The van der Waals surface area contributed by atoms with E-state index >= 15 is 0 Å². The highest BCUT2D eigenvalue weighted by Crippen LogP contribution is 2.29. The van der Waals surface area contributed by atoms with Gasteiger partial charge in [-0.1, -0.05) is 18.2 Å². The maximum Gasteiger partial charge on any atom is 0.416 e. The van der Waals surface area contributed by atoms with Crippen molar-refractivity contribution in [2.45, 2.75) is 19.2 Å². The lowest BCUT2D eigenvalue weighted by Crippen LogP contribution is -2.31. The Morgan fingerprint density at radius 3 is 2.37 bits per heavy atom. The van der Waals surface area contributed by atoms with Crippen LogP contribution >= 0.6 is 0 Å². The van der Waals surface area contributed by atoms with Crippen molar-refractivity contribution >= 4 is 11.9 Å². The lowest BCUT2D eigenvalue weighted by molar-refractivity contribution is -0.148. The number of alkyl halides is 3. The van der Waals surface area contributed by atoms with Crippen LogP contribution in [0, 0.1) is 0 Å². The maximum absolute atomic E-state index is 12.6. The zero-order valence-corrected chi connectivity index (χ0v) is 15.6. The molecule has 0 aliphatic heterocycles. The Kier molecular flexibility index (Phi) is 6.14. The first-order chi connectivity index (χ1) is 14.2. The van der Waals surface area contributed by atoms with Gasteiger partial charge in [-0.05, 0) is 43.3 Å². The number of rotatable bonds is 6. The first kappa shape index (κ1) is 21.0. The van der Waals surface area contributed by atoms with E-state index in [1.165, 1.54) is 6.92 Å². The van der Waals surface area contributed by atoms with Crippen molar-refractivity contribution in [1.29, 1.82) is 0 Å². The molecular weight excluding hydrogens is 403 g/mol. The number of halogens is 3. The third-order valence-electron chi connectivity index (χ3n) is 3.99. The molecule has 0 aliphatic rings. The van der Waals surface area contributed by atoms with Crippen LogP contribution in [-0.4, -0.2) is 28.6 Å². The quantitative estimate of drug-likeness (QED) is 0.611. The summed E-state index contributed by atoms with van der Waals surface area (Å²) in [5, 5.41) is 10.0. The van der Waals surface area contributed by atoms with Gasteiger partial charge in [-0.2, -0.15) is 13.2 Å². The van der Waals surface area contributed by atoms with Crippen molar-refractivity contribution in [3.63, 3.8) is 0 Å². The lowest BCUT2D eigenvalue weighted by Gasteiger charge is -2.11. The van der Waals surface area contributed by atoms with Gasteiger partial charge in [-0.25, -0.2) is 0 Å². The fourth-order valence-corrected chi connectivity index (χ4v) is 2.45. The number of hydrogen-bond acceptors (Lipinski definition) is 6. The summed E-state index contributed by atoms with van der Waals surface area (Å²) in [6.07, 6.45) is -5.35. The van der Waals surface area contributed by atoms with Crippen LogP contribution in [0.2, 0.25) is 0 Å². The molecule has 2 aromatic carbocycles. The number of carbonyl (C=O) groups excluding carboxylic acids is 2. The number of nitrogens with zero attached hydrogens (tertiary/aromatic N) is 2. The van der Waals surface area contributed by atoms with Crippen LogP contribution in [0.4, 0.5) is 13.2 Å². The SMILES string of the molecule is CC(OC(=O)CNC(=O)c1ccc(C(F)(F)F)cc1)c1nnc(-c2ccccc2)o1. The summed E-state index contributed by atoms with van der Waals surface area (Å²) in [5.41, 5.74) is -0.187. The predicted molar refractivity (Wildman–Crippen MR) is 98.0 cm³/mol. The van der Waals surface area contributed by atoms with Crippen molar-refractivity contribution in [1.82, 2.24) is 15.5 Å². The molecule has 0 saturated carbocycles. The van der Waals surface area contributed by atoms with E-state index in [1.807, 2.05) is 18.2 Å². The highest BCUT2D eigenvalue weighted by atomic mass is 19.4. The standard InChI is InChI=1S/C20H16F3N3O4/c1-12(18-25-26-19(30-18)14-5-3-2-4-6-14)29-16(27)11-24-17(28)13-7-9-15(10-8-13)20(21,22)23/h2-10,12H,11H2,1H3,(H,24,28). The second kappa shape index (κ2) is 8.76. The Morgan fingerprint density at radius 2 is 1.73 bits per heavy atom. The zero-order chi connectivity index (χ0) is 21.7. The van der Waals surface area contributed by atoms with Crippen LogP contribution in [0.5, 0.6) is 0 Å². The van der Waals surface area contributed by atoms with Crippen molar-refractivity contribution < 1.29 is 31.9 Å². The van der Waals surface area contributed by atoms with E-state index in [0.717, 1.165) is 24.3 Å². The van der Waals surface area contributed by atoms with Crippen LogP contribution in [0.1, 0.15) is 34.8 Å². The van der Waals surface area contributed by atoms with E-state index in [4.69, 9.17) is 9.15 Å². The van der Waals surface area contributed by atoms with Crippen molar-refractivity contribution in [2.75, 3.05) is 6.54 Å². The minimum absolute atomic E-state index is 0.0201. The number of hydrogen-bond donors (Lipinski definition) is 1. The Morgan fingerprint density at radius 1 is 1.07 bits per heavy atom. The molecule has 0 saturated heterocycles. The average Bonchev–Trinajstić information content (AvgIpc) is 3.22. The van der Waals surface area contributed by atoms with Gasteiger partial charge in [0.2, 0.25) is 5.89 Å². The summed E-state index contributed by atoms with van der Waals surface area (Å²) in [6.45, 7) is 1.04. The van der Waals surface area contributed by atoms with Gasteiger partial charge in [0.05, 0.1) is 5.56 Å². The molecule has 1 amide bonds. The third kappa shape index (κ3) is 5.22. The van der Waals surface area contributed by atoms with Gasteiger partial charge in [0.25, 0.3) is 11.8 Å². The Labute approximate surface area is 168 Å². The number of amides is 1. The molecule has 1 heterocycles. The fraction of sp³-hybridized carbons (Fsp3) is 0.200. The Bertz CT molecular complexity index is 1020. The van der Waals surface area contributed by atoms with E-state index in [2.05, 4.69) is 15.5 Å². The first-order valence-electron chi connectivity index (χ1n) is 8.78. The molecule has 30 heavy (non-hydrogen) atoms. The second-order valence-corrected chi connectivity index (χ2v) is 6.20. The summed E-state index contributed by atoms with van der Waals surface area (Å²) in [7, 11) is 0. The van der Waals surface area contributed by atoms with Gasteiger partial charge in [0, 0.05) is 11.1 Å². The largest absolute Gasteiger partial charge is 0.451 e. The Balaban J connectivity index is 1.52. The van der Waals surface area contributed by atoms with Crippen LogP contribution < -0.4 is 5.32 Å². The fourth-order valence-electron chi connectivity index (χ4n) is 2.45. The summed E-state index contributed by atoms with van der Waals surface area (Å²) in [6, 6.07) is 12.6. The molecule has 0 aliphatic carbocycles. The number of ether oxygens (including phenoxy) is 1. The van der Waals surface area contributed by atoms with Gasteiger partial charge in [-0.3, -0.25) is 9.59 Å². The third-order valence-corrected chi connectivity index (χ3v) is 3.99. The van der Waals surface area contributed by atoms with Gasteiger partial charge in [0.1, 0.15) is 6.54 Å². The highest BCUT2D eigenvalue weighted by Gasteiger charge is 2.30. The smallest absolute Gasteiger partial charge is 0.416 e. The molecular formula is C20H16F3N3O4. The predicted octanol–water partition coefficient (Wildman–Crippen LogP) is 3.79. The molecule has 7 nitrogen and oxygen atoms in total. The summed E-state index contributed by atoms with van der Waals surface area (Å²) in [5.74, 6) is -1.14. The number of nitrogens with one attached hydrogen (secondary N) is 1. The lowest BCUT2D eigenvalue weighted by atomic mass is 10.1. The molecule has 0 bridgehead atoms. The van der Waals surface area contributed by atoms with Crippen LogP contribution in [0.3, 0.4) is 0 Å². The normalized spacial score (nSPS) is 12.3. The van der Waals surface area contributed by atoms with Gasteiger partial charge in [-0.15, -0.1) is 10.2 Å².